The topological polar surface area (TPSA) is 112 Å². The van der Waals surface area contributed by atoms with E-state index in [-0.39, 0.29) is 11.6 Å². The summed E-state index contributed by atoms with van der Waals surface area (Å²) in [5.74, 6) is -0.378. The first kappa shape index (κ1) is 14.6. The Morgan fingerprint density at radius 1 is 1.13 bits per heavy atom. The summed E-state index contributed by atoms with van der Waals surface area (Å²) in [4.78, 5) is 27.2. The number of β-lactam (4-membered cyclic amide) rings is 1. The van der Waals surface area contributed by atoms with E-state index in [0.717, 1.165) is 0 Å². The summed E-state index contributed by atoms with van der Waals surface area (Å²) in [5.41, 5.74) is 9.51. The molecule has 3 rings (SSSR count). The summed E-state index contributed by atoms with van der Waals surface area (Å²) in [6.45, 7) is 0. The van der Waals surface area contributed by atoms with Crippen LogP contribution in [0.1, 0.15) is 11.6 Å². The number of carbonyl (C=O) groups is 1. The number of nitro benzene ring substituents is 1. The lowest BCUT2D eigenvalue weighted by Crippen LogP contribution is -2.58. The number of azide groups is 1. The highest BCUT2D eigenvalue weighted by Gasteiger charge is 2.50. The van der Waals surface area contributed by atoms with Crippen LogP contribution in [0.4, 0.5) is 11.4 Å². The van der Waals surface area contributed by atoms with Gasteiger partial charge in [-0.3, -0.25) is 14.9 Å². The fourth-order valence-corrected chi connectivity index (χ4v) is 2.73. The quantitative estimate of drug-likeness (QED) is 0.215. The second kappa shape index (κ2) is 5.78. The highest BCUT2D eigenvalue weighted by Crippen LogP contribution is 2.43. The summed E-state index contributed by atoms with van der Waals surface area (Å²) in [6, 6.07) is 13.3. The van der Waals surface area contributed by atoms with Crippen molar-refractivity contribution in [1.82, 2.24) is 0 Å². The van der Waals surface area contributed by atoms with Gasteiger partial charge in [0.2, 0.25) is 5.91 Å². The number of anilines is 1. The maximum atomic E-state index is 12.3. The number of hydrogen-bond donors (Lipinski definition) is 0. The van der Waals surface area contributed by atoms with Crippen molar-refractivity contribution in [3.8, 4) is 0 Å². The molecular formula is C15H11N5O3. The molecule has 1 aliphatic rings. The zero-order valence-corrected chi connectivity index (χ0v) is 11.8. The molecule has 0 bridgehead atoms. The third-order valence-corrected chi connectivity index (χ3v) is 3.73. The molecule has 0 spiro atoms. The van der Waals surface area contributed by atoms with Crippen molar-refractivity contribution in [3.63, 3.8) is 0 Å². The first-order valence-electron chi connectivity index (χ1n) is 6.81. The Balaban J connectivity index is 2.11. The van der Waals surface area contributed by atoms with Crippen molar-refractivity contribution in [2.24, 2.45) is 5.11 Å². The molecule has 2 aromatic carbocycles. The molecule has 0 saturated carbocycles. The lowest BCUT2D eigenvalue weighted by atomic mass is 9.87. The minimum Gasteiger partial charge on any atom is -0.303 e. The molecule has 1 amide bonds. The zero-order chi connectivity index (χ0) is 16.4. The van der Waals surface area contributed by atoms with E-state index in [9.17, 15) is 14.9 Å². The molecule has 1 heterocycles. The van der Waals surface area contributed by atoms with Crippen LogP contribution in [-0.2, 0) is 4.79 Å². The minimum absolute atomic E-state index is 0.107. The molecule has 0 aliphatic carbocycles. The number of nitrogens with zero attached hydrogens (tertiary/aromatic N) is 5. The van der Waals surface area contributed by atoms with Gasteiger partial charge in [-0.1, -0.05) is 41.5 Å². The molecule has 114 valence electrons. The lowest BCUT2D eigenvalue weighted by molar-refractivity contribution is -0.385. The van der Waals surface area contributed by atoms with Gasteiger partial charge in [0.25, 0.3) is 5.69 Å². The van der Waals surface area contributed by atoms with Gasteiger partial charge < -0.3 is 4.90 Å². The van der Waals surface area contributed by atoms with Crippen molar-refractivity contribution in [2.75, 3.05) is 4.90 Å². The van der Waals surface area contributed by atoms with Crippen molar-refractivity contribution in [2.45, 2.75) is 12.1 Å². The van der Waals surface area contributed by atoms with E-state index in [0.29, 0.717) is 11.3 Å². The van der Waals surface area contributed by atoms with Gasteiger partial charge in [-0.05, 0) is 17.7 Å². The molecule has 0 N–H and O–H groups in total. The molecule has 8 heteroatoms. The summed E-state index contributed by atoms with van der Waals surface area (Å²) in [6.07, 6.45) is 0. The van der Waals surface area contributed by atoms with E-state index in [1.807, 2.05) is 0 Å². The molecule has 8 nitrogen and oxygen atoms in total. The number of rotatable bonds is 4. The molecule has 0 aromatic heterocycles. The van der Waals surface area contributed by atoms with E-state index in [1.54, 1.807) is 48.5 Å². The molecule has 1 aliphatic heterocycles. The molecular weight excluding hydrogens is 298 g/mol. The number of nitro groups is 1. The van der Waals surface area contributed by atoms with Crippen LogP contribution in [0.5, 0.6) is 0 Å². The molecule has 1 saturated heterocycles. The van der Waals surface area contributed by atoms with Gasteiger partial charge in [-0.15, -0.1) is 0 Å². The predicted molar refractivity (Wildman–Crippen MR) is 82.7 cm³/mol. The van der Waals surface area contributed by atoms with Gasteiger partial charge in [-0.2, -0.15) is 0 Å². The average Bonchev–Trinajstić information content (AvgIpc) is 2.58. The summed E-state index contributed by atoms with van der Waals surface area (Å²) in [7, 11) is 0. The molecule has 2 aromatic rings. The Morgan fingerprint density at radius 3 is 2.43 bits per heavy atom. The van der Waals surface area contributed by atoms with Gasteiger partial charge >= 0.3 is 0 Å². The smallest absolute Gasteiger partial charge is 0.274 e. The molecule has 2 atom stereocenters. The highest BCUT2D eigenvalue weighted by molar-refractivity contribution is 6.06. The third-order valence-electron chi connectivity index (χ3n) is 3.73. The first-order chi connectivity index (χ1) is 11.1. The number of benzene rings is 2. The van der Waals surface area contributed by atoms with Crippen LogP contribution in [0.15, 0.2) is 59.7 Å². The van der Waals surface area contributed by atoms with Crippen molar-refractivity contribution < 1.29 is 9.72 Å². The van der Waals surface area contributed by atoms with Crippen LogP contribution in [0, 0.1) is 10.1 Å². The Hall–Kier alpha value is -3.38. The SMILES string of the molecule is [N-]=[N+]=N[C@@H]1C(=O)N(c2ccccc2)[C@@H]1c1ccccc1[N+](=O)[O-]. The summed E-state index contributed by atoms with van der Waals surface area (Å²) >= 11 is 0. The van der Waals surface area contributed by atoms with Crippen LogP contribution in [0.25, 0.3) is 10.4 Å². The van der Waals surface area contributed by atoms with Gasteiger partial charge in [-0.25, -0.2) is 0 Å². The number of hydrogen-bond acceptors (Lipinski definition) is 4. The summed E-state index contributed by atoms with van der Waals surface area (Å²) < 4.78 is 0. The van der Waals surface area contributed by atoms with Crippen LogP contribution in [-0.4, -0.2) is 16.9 Å². The van der Waals surface area contributed by atoms with E-state index < -0.39 is 17.0 Å². The fourth-order valence-electron chi connectivity index (χ4n) is 2.73. The maximum absolute atomic E-state index is 12.3. The van der Waals surface area contributed by atoms with Gasteiger partial charge in [0.15, 0.2) is 0 Å². The largest absolute Gasteiger partial charge is 0.303 e. The van der Waals surface area contributed by atoms with E-state index in [4.69, 9.17) is 5.53 Å². The molecule has 0 unspecified atom stereocenters. The maximum Gasteiger partial charge on any atom is 0.274 e. The monoisotopic (exact) mass is 309 g/mol. The van der Waals surface area contributed by atoms with Crippen molar-refractivity contribution in [3.05, 3.63) is 80.7 Å². The van der Waals surface area contributed by atoms with Gasteiger partial charge in [0, 0.05) is 16.7 Å². The van der Waals surface area contributed by atoms with Crippen molar-refractivity contribution in [1.29, 1.82) is 0 Å². The van der Waals surface area contributed by atoms with Gasteiger partial charge in [0.1, 0.15) is 6.04 Å². The normalized spacial score (nSPS) is 19.7. The average molecular weight is 309 g/mol. The molecule has 1 fully saturated rings. The van der Waals surface area contributed by atoms with Crippen LogP contribution in [0.3, 0.4) is 0 Å². The van der Waals surface area contributed by atoms with Crippen LogP contribution < -0.4 is 4.90 Å². The Morgan fingerprint density at radius 2 is 1.78 bits per heavy atom. The van der Waals surface area contributed by atoms with E-state index in [2.05, 4.69) is 10.0 Å². The highest BCUT2D eigenvalue weighted by atomic mass is 16.6. The van der Waals surface area contributed by atoms with Gasteiger partial charge in [0.05, 0.1) is 16.5 Å². The standard InChI is InChI=1S/C15H11N5O3/c16-18-17-13-14(11-8-4-5-9-12(11)20(22)23)19(15(13)21)10-6-2-1-3-7-10/h1-9,13-14H/t13-,14+/m0/s1. The van der Waals surface area contributed by atoms with E-state index >= 15 is 0 Å². The third kappa shape index (κ3) is 2.37. The Labute approximate surface area is 130 Å². The molecule has 23 heavy (non-hydrogen) atoms. The second-order valence-corrected chi connectivity index (χ2v) is 4.95. The minimum atomic E-state index is -0.985. The lowest BCUT2D eigenvalue weighted by Gasteiger charge is -2.45. The number of carbonyl (C=O) groups excluding carboxylic acids is 1. The van der Waals surface area contributed by atoms with Crippen molar-refractivity contribution >= 4 is 17.3 Å². The predicted octanol–water partition coefficient (Wildman–Crippen LogP) is 3.36. The Bertz CT molecular complexity index is 817. The first-order valence-corrected chi connectivity index (χ1v) is 6.81. The number of amides is 1. The van der Waals surface area contributed by atoms with Crippen LogP contribution >= 0.6 is 0 Å². The Kier molecular flexibility index (Phi) is 3.66. The summed E-state index contributed by atoms with van der Waals surface area (Å²) in [5, 5.41) is 14.8. The van der Waals surface area contributed by atoms with Crippen LogP contribution in [0.2, 0.25) is 0 Å². The van der Waals surface area contributed by atoms with E-state index in [1.165, 1.54) is 11.0 Å². The number of para-hydroxylation sites is 2. The zero-order valence-electron chi connectivity index (χ0n) is 11.8. The fraction of sp³-hybridized carbons (Fsp3) is 0.133. The molecule has 0 radical (unpaired) electrons. The second-order valence-electron chi connectivity index (χ2n) is 4.95.